The van der Waals surface area contributed by atoms with Gasteiger partial charge in [0.25, 0.3) is 5.56 Å². The predicted molar refractivity (Wildman–Crippen MR) is 102 cm³/mol. The number of pyridine rings is 1. The molecule has 0 bridgehead atoms. The summed E-state index contributed by atoms with van der Waals surface area (Å²) in [5.41, 5.74) is 2.19. The molecule has 0 spiro atoms. The molecule has 0 unspecified atom stereocenters. The van der Waals surface area contributed by atoms with E-state index in [0.29, 0.717) is 22.1 Å². The topological polar surface area (TPSA) is 128 Å². The Balaban J connectivity index is 1.64. The first-order valence-corrected chi connectivity index (χ1v) is 9.64. The van der Waals surface area contributed by atoms with Gasteiger partial charge in [-0.3, -0.25) is 4.79 Å². The summed E-state index contributed by atoms with van der Waals surface area (Å²) < 4.78 is 27.6. The van der Waals surface area contributed by atoms with Crippen LogP contribution in [0.15, 0.2) is 56.9 Å². The summed E-state index contributed by atoms with van der Waals surface area (Å²) in [7, 11) is -3.86. The van der Waals surface area contributed by atoms with Crippen LogP contribution in [0.4, 0.5) is 0 Å². The number of aryl methyl sites for hydroxylation is 1. The fraction of sp³-hybridized carbons (Fsp3) is 0.111. The molecule has 0 saturated carbocycles. The van der Waals surface area contributed by atoms with Gasteiger partial charge >= 0.3 is 5.69 Å². The standard InChI is InChI=1S/C18H16N4O4S/c1-10-2-4-14-11(6-10)7-12(17(23)20-14)9-19-27(25,26)13-3-5-15-16(8-13)22-18(24)21-15/h2-8,19H,9H2,1H3,(H,20,23)(H2,21,22,24). The summed E-state index contributed by atoms with van der Waals surface area (Å²) in [6.45, 7) is 1.79. The van der Waals surface area contributed by atoms with Gasteiger partial charge < -0.3 is 15.0 Å². The number of nitrogens with one attached hydrogen (secondary N) is 4. The third kappa shape index (κ3) is 3.29. The lowest BCUT2D eigenvalue weighted by Gasteiger charge is -2.08. The average molecular weight is 384 g/mol. The van der Waals surface area contributed by atoms with Crippen molar-refractivity contribution in [3.63, 3.8) is 0 Å². The molecule has 2 heterocycles. The van der Waals surface area contributed by atoms with E-state index < -0.39 is 15.7 Å². The van der Waals surface area contributed by atoms with Crippen LogP contribution in [0.2, 0.25) is 0 Å². The van der Waals surface area contributed by atoms with E-state index in [1.54, 1.807) is 6.07 Å². The van der Waals surface area contributed by atoms with Gasteiger partial charge in [0.1, 0.15) is 0 Å². The van der Waals surface area contributed by atoms with Crippen LogP contribution in [-0.4, -0.2) is 23.4 Å². The summed E-state index contributed by atoms with van der Waals surface area (Å²) in [4.78, 5) is 31.4. The van der Waals surface area contributed by atoms with Crippen molar-refractivity contribution in [2.75, 3.05) is 0 Å². The first kappa shape index (κ1) is 17.3. The molecule has 8 nitrogen and oxygen atoms in total. The van der Waals surface area contributed by atoms with E-state index in [2.05, 4.69) is 19.7 Å². The number of sulfonamides is 1. The Labute approximate surface area is 153 Å². The molecule has 2 aromatic heterocycles. The SMILES string of the molecule is Cc1ccc2[nH]c(=O)c(CNS(=O)(=O)c3ccc4[nH]c(=O)[nH]c4c3)cc2c1. The van der Waals surface area contributed by atoms with Crippen molar-refractivity contribution in [3.05, 3.63) is 74.4 Å². The number of H-pyrrole nitrogens is 3. The van der Waals surface area contributed by atoms with E-state index in [4.69, 9.17) is 0 Å². The minimum atomic E-state index is -3.86. The van der Waals surface area contributed by atoms with Crippen LogP contribution in [0.25, 0.3) is 21.9 Å². The maximum absolute atomic E-state index is 12.6. The Morgan fingerprint density at radius 1 is 0.889 bits per heavy atom. The normalized spacial score (nSPS) is 12.0. The first-order chi connectivity index (χ1) is 12.8. The van der Waals surface area contributed by atoms with Crippen LogP contribution in [0, 0.1) is 6.92 Å². The molecule has 0 radical (unpaired) electrons. The summed E-state index contributed by atoms with van der Waals surface area (Å²) in [5.74, 6) is 0. The Morgan fingerprint density at radius 2 is 1.63 bits per heavy atom. The lowest BCUT2D eigenvalue weighted by atomic mass is 10.1. The van der Waals surface area contributed by atoms with Crippen molar-refractivity contribution in [2.24, 2.45) is 0 Å². The van der Waals surface area contributed by atoms with Gasteiger partial charge in [0.15, 0.2) is 0 Å². The number of imidazole rings is 1. The van der Waals surface area contributed by atoms with Crippen LogP contribution in [0.1, 0.15) is 11.1 Å². The Bertz CT molecular complexity index is 1400. The van der Waals surface area contributed by atoms with Gasteiger partial charge in [-0.15, -0.1) is 0 Å². The monoisotopic (exact) mass is 384 g/mol. The molecule has 9 heteroatoms. The number of hydrogen-bond acceptors (Lipinski definition) is 4. The average Bonchev–Trinajstić information content (AvgIpc) is 2.99. The lowest BCUT2D eigenvalue weighted by molar-refractivity contribution is 0.581. The van der Waals surface area contributed by atoms with Crippen LogP contribution in [0.3, 0.4) is 0 Å². The van der Waals surface area contributed by atoms with Crippen LogP contribution in [0.5, 0.6) is 0 Å². The zero-order chi connectivity index (χ0) is 19.2. The zero-order valence-electron chi connectivity index (χ0n) is 14.3. The maximum Gasteiger partial charge on any atom is 0.323 e. The fourth-order valence-electron chi connectivity index (χ4n) is 2.94. The minimum absolute atomic E-state index is 0.00156. The van der Waals surface area contributed by atoms with E-state index in [9.17, 15) is 18.0 Å². The molecule has 0 saturated heterocycles. The third-order valence-electron chi connectivity index (χ3n) is 4.33. The number of aromatic nitrogens is 3. The number of rotatable bonds is 4. The molecule has 138 valence electrons. The van der Waals surface area contributed by atoms with Gasteiger partial charge in [-0.2, -0.15) is 0 Å². The summed E-state index contributed by atoms with van der Waals surface area (Å²) >= 11 is 0. The molecule has 0 fully saturated rings. The molecule has 27 heavy (non-hydrogen) atoms. The maximum atomic E-state index is 12.6. The molecule has 4 aromatic rings. The van der Waals surface area contributed by atoms with Gasteiger partial charge in [-0.25, -0.2) is 17.9 Å². The van der Waals surface area contributed by atoms with Gasteiger partial charge in [-0.1, -0.05) is 11.6 Å². The molecule has 0 atom stereocenters. The molecule has 2 aromatic carbocycles. The van der Waals surface area contributed by atoms with Crippen LogP contribution < -0.4 is 16.0 Å². The zero-order valence-corrected chi connectivity index (χ0v) is 15.1. The molecule has 0 aliphatic rings. The highest BCUT2D eigenvalue weighted by atomic mass is 32.2. The third-order valence-corrected chi connectivity index (χ3v) is 5.73. The van der Waals surface area contributed by atoms with E-state index in [0.717, 1.165) is 10.9 Å². The smallest absolute Gasteiger partial charge is 0.322 e. The second kappa shape index (κ2) is 6.22. The number of benzene rings is 2. The van der Waals surface area contributed by atoms with Gasteiger partial charge in [-0.05, 0) is 48.7 Å². The van der Waals surface area contributed by atoms with Crippen molar-refractivity contribution in [2.45, 2.75) is 18.4 Å². The van der Waals surface area contributed by atoms with Gasteiger partial charge in [0.05, 0.1) is 15.9 Å². The van der Waals surface area contributed by atoms with Crippen molar-refractivity contribution in [3.8, 4) is 0 Å². The molecule has 0 aliphatic heterocycles. The summed E-state index contributed by atoms with van der Waals surface area (Å²) in [6.07, 6.45) is 0. The highest BCUT2D eigenvalue weighted by Gasteiger charge is 2.16. The molecule has 4 rings (SSSR count). The van der Waals surface area contributed by atoms with Crippen molar-refractivity contribution in [1.29, 1.82) is 0 Å². The number of fused-ring (bicyclic) bond motifs is 2. The molecule has 0 aliphatic carbocycles. The number of aromatic amines is 3. The van der Waals surface area contributed by atoms with Gasteiger partial charge in [0, 0.05) is 17.6 Å². The Kier molecular flexibility index (Phi) is 3.97. The van der Waals surface area contributed by atoms with Crippen molar-refractivity contribution >= 4 is 32.0 Å². The van der Waals surface area contributed by atoms with Crippen molar-refractivity contribution < 1.29 is 8.42 Å². The second-order valence-corrected chi connectivity index (χ2v) is 8.09. The summed E-state index contributed by atoms with van der Waals surface area (Å²) in [6, 6.07) is 11.6. The highest BCUT2D eigenvalue weighted by molar-refractivity contribution is 7.89. The largest absolute Gasteiger partial charge is 0.323 e. The second-order valence-electron chi connectivity index (χ2n) is 6.33. The van der Waals surface area contributed by atoms with Crippen LogP contribution in [-0.2, 0) is 16.6 Å². The predicted octanol–water partition coefficient (Wildman–Crippen LogP) is 1.48. The molecule has 4 N–H and O–H groups in total. The first-order valence-electron chi connectivity index (χ1n) is 8.16. The lowest BCUT2D eigenvalue weighted by Crippen LogP contribution is -2.27. The van der Waals surface area contributed by atoms with E-state index in [1.165, 1.54) is 18.2 Å². The minimum Gasteiger partial charge on any atom is -0.322 e. The molecule has 0 amide bonds. The quantitative estimate of drug-likeness (QED) is 0.425. The summed E-state index contributed by atoms with van der Waals surface area (Å²) in [5, 5.41) is 0.829. The Morgan fingerprint density at radius 3 is 2.44 bits per heavy atom. The Hall–Kier alpha value is -3.17. The van der Waals surface area contributed by atoms with Gasteiger partial charge in [0.2, 0.25) is 10.0 Å². The highest BCUT2D eigenvalue weighted by Crippen LogP contribution is 2.16. The molecular formula is C18H16N4O4S. The van der Waals surface area contributed by atoms with Crippen LogP contribution >= 0.6 is 0 Å². The number of hydrogen-bond donors (Lipinski definition) is 4. The van der Waals surface area contributed by atoms with Crippen molar-refractivity contribution in [1.82, 2.24) is 19.7 Å². The van der Waals surface area contributed by atoms with E-state index >= 15 is 0 Å². The molecular weight excluding hydrogens is 368 g/mol. The van der Waals surface area contributed by atoms with E-state index in [-0.39, 0.29) is 17.0 Å². The van der Waals surface area contributed by atoms with E-state index in [1.807, 2.05) is 25.1 Å². The fourth-order valence-corrected chi connectivity index (χ4v) is 3.97.